The molecular formula is C19H20ClNO4. The molecule has 0 aliphatic carbocycles. The maximum absolute atomic E-state index is 12.3. The minimum atomic E-state index is -0.242. The Kier molecular flexibility index (Phi) is 6.42. The Hall–Kier alpha value is -2.53. The molecule has 0 saturated carbocycles. The van der Waals surface area contributed by atoms with Crippen molar-refractivity contribution >= 4 is 29.0 Å². The van der Waals surface area contributed by atoms with Crippen molar-refractivity contribution in [3.63, 3.8) is 0 Å². The molecule has 0 aliphatic heterocycles. The predicted octanol–water partition coefficient (Wildman–Crippen LogP) is 4.27. The maximum Gasteiger partial charge on any atom is 0.224 e. The second kappa shape index (κ2) is 8.53. The molecule has 2 rings (SSSR count). The molecule has 0 spiro atoms. The first-order chi connectivity index (χ1) is 11.9. The average Bonchev–Trinajstić information content (AvgIpc) is 2.62. The van der Waals surface area contributed by atoms with E-state index in [1.54, 1.807) is 30.3 Å². The van der Waals surface area contributed by atoms with E-state index in [-0.39, 0.29) is 24.5 Å². The first-order valence-electron chi connectivity index (χ1n) is 7.76. The number of ether oxygens (including phenoxy) is 2. The predicted molar refractivity (Wildman–Crippen MR) is 97.9 cm³/mol. The molecule has 0 aromatic heterocycles. The maximum atomic E-state index is 12.3. The van der Waals surface area contributed by atoms with Crippen LogP contribution in [0.5, 0.6) is 11.5 Å². The molecule has 6 heteroatoms. The van der Waals surface area contributed by atoms with E-state index in [0.29, 0.717) is 27.8 Å². The van der Waals surface area contributed by atoms with Crippen LogP contribution in [0, 0.1) is 6.92 Å². The zero-order valence-electron chi connectivity index (χ0n) is 14.4. The minimum Gasteiger partial charge on any atom is -0.493 e. The molecule has 132 valence electrons. The fraction of sp³-hybridized carbons (Fsp3) is 0.263. The molecular weight excluding hydrogens is 342 g/mol. The van der Waals surface area contributed by atoms with Gasteiger partial charge in [-0.2, -0.15) is 0 Å². The van der Waals surface area contributed by atoms with Crippen molar-refractivity contribution in [2.75, 3.05) is 19.5 Å². The third-order valence-corrected chi connectivity index (χ3v) is 4.15. The monoisotopic (exact) mass is 361 g/mol. The summed E-state index contributed by atoms with van der Waals surface area (Å²) in [6, 6.07) is 10.2. The van der Waals surface area contributed by atoms with E-state index in [1.165, 1.54) is 14.2 Å². The summed E-state index contributed by atoms with van der Waals surface area (Å²) in [5.41, 5.74) is 2.02. The molecule has 5 nitrogen and oxygen atoms in total. The Bertz CT molecular complexity index is 789. The second-order valence-corrected chi connectivity index (χ2v) is 5.91. The van der Waals surface area contributed by atoms with Gasteiger partial charge in [0, 0.05) is 29.1 Å². The van der Waals surface area contributed by atoms with Crippen molar-refractivity contribution in [1.29, 1.82) is 0 Å². The lowest BCUT2D eigenvalue weighted by atomic mass is 10.1. The first-order valence-corrected chi connectivity index (χ1v) is 8.13. The number of carbonyl (C=O) groups excluding carboxylic acids is 2. The highest BCUT2D eigenvalue weighted by atomic mass is 35.5. The number of amides is 1. The fourth-order valence-electron chi connectivity index (χ4n) is 2.28. The molecule has 0 fully saturated rings. The third kappa shape index (κ3) is 4.97. The van der Waals surface area contributed by atoms with Crippen LogP contribution in [0.4, 0.5) is 5.69 Å². The lowest BCUT2D eigenvalue weighted by Gasteiger charge is -2.09. The number of hydrogen-bond acceptors (Lipinski definition) is 4. The van der Waals surface area contributed by atoms with Gasteiger partial charge in [0.2, 0.25) is 5.91 Å². The number of carbonyl (C=O) groups is 2. The standard InChI is InChI=1S/C19H20ClNO4/c1-12-4-6-14(11-15(12)20)21-19(23)9-7-16(22)13-5-8-17(24-2)18(10-13)25-3/h4-6,8,10-11H,7,9H2,1-3H3,(H,21,23). The van der Waals surface area contributed by atoms with Crippen molar-refractivity contribution in [3.05, 3.63) is 52.5 Å². The molecule has 25 heavy (non-hydrogen) atoms. The fourth-order valence-corrected chi connectivity index (χ4v) is 2.46. The van der Waals surface area contributed by atoms with Gasteiger partial charge < -0.3 is 14.8 Å². The molecule has 2 aromatic carbocycles. The molecule has 0 unspecified atom stereocenters. The van der Waals surface area contributed by atoms with E-state index in [9.17, 15) is 9.59 Å². The number of nitrogens with one attached hydrogen (secondary N) is 1. The summed E-state index contributed by atoms with van der Waals surface area (Å²) in [4.78, 5) is 24.3. The Labute approximate surface area is 151 Å². The molecule has 0 aliphatic rings. The van der Waals surface area contributed by atoms with Gasteiger partial charge in [-0.1, -0.05) is 17.7 Å². The molecule has 1 amide bonds. The minimum absolute atomic E-state index is 0.0820. The van der Waals surface area contributed by atoms with Crippen LogP contribution in [0.2, 0.25) is 5.02 Å². The van der Waals surface area contributed by atoms with Gasteiger partial charge in [0.15, 0.2) is 17.3 Å². The Morgan fingerprint density at radius 1 is 1.00 bits per heavy atom. The lowest BCUT2D eigenvalue weighted by Crippen LogP contribution is -2.13. The van der Waals surface area contributed by atoms with E-state index in [4.69, 9.17) is 21.1 Å². The topological polar surface area (TPSA) is 64.6 Å². The number of rotatable bonds is 7. The van der Waals surface area contributed by atoms with Crippen molar-refractivity contribution in [2.45, 2.75) is 19.8 Å². The van der Waals surface area contributed by atoms with Gasteiger partial charge in [0.25, 0.3) is 0 Å². The van der Waals surface area contributed by atoms with Crippen LogP contribution in [0.15, 0.2) is 36.4 Å². The average molecular weight is 362 g/mol. The summed E-state index contributed by atoms with van der Waals surface area (Å²) in [5.74, 6) is 0.645. The number of halogens is 1. The van der Waals surface area contributed by atoms with Gasteiger partial charge in [-0.15, -0.1) is 0 Å². The SMILES string of the molecule is COc1ccc(C(=O)CCC(=O)Nc2ccc(C)c(Cl)c2)cc1OC. The van der Waals surface area contributed by atoms with Crippen molar-refractivity contribution < 1.29 is 19.1 Å². The highest BCUT2D eigenvalue weighted by molar-refractivity contribution is 6.31. The van der Waals surface area contributed by atoms with Crippen LogP contribution < -0.4 is 14.8 Å². The number of ketones is 1. The Morgan fingerprint density at radius 3 is 2.36 bits per heavy atom. The van der Waals surface area contributed by atoms with Crippen LogP contribution in [-0.4, -0.2) is 25.9 Å². The largest absolute Gasteiger partial charge is 0.493 e. The zero-order chi connectivity index (χ0) is 18.4. The van der Waals surface area contributed by atoms with Crippen molar-refractivity contribution in [2.24, 2.45) is 0 Å². The quantitative estimate of drug-likeness (QED) is 0.748. The van der Waals surface area contributed by atoms with Crippen molar-refractivity contribution in [1.82, 2.24) is 0 Å². The molecule has 0 bridgehead atoms. The van der Waals surface area contributed by atoms with E-state index in [2.05, 4.69) is 5.32 Å². The number of aryl methyl sites for hydroxylation is 1. The number of anilines is 1. The van der Waals surface area contributed by atoms with Gasteiger partial charge in [-0.3, -0.25) is 9.59 Å². The van der Waals surface area contributed by atoms with Crippen LogP contribution in [-0.2, 0) is 4.79 Å². The molecule has 2 aromatic rings. The van der Waals surface area contributed by atoms with E-state index < -0.39 is 0 Å². The highest BCUT2D eigenvalue weighted by Gasteiger charge is 2.13. The molecule has 0 radical (unpaired) electrons. The van der Waals surface area contributed by atoms with Crippen LogP contribution in [0.25, 0.3) is 0 Å². The molecule has 1 N–H and O–H groups in total. The van der Waals surface area contributed by atoms with E-state index in [0.717, 1.165) is 5.56 Å². The summed E-state index contributed by atoms with van der Waals surface area (Å²) in [7, 11) is 3.03. The summed E-state index contributed by atoms with van der Waals surface area (Å²) in [5, 5.41) is 3.32. The molecule has 0 atom stereocenters. The highest BCUT2D eigenvalue weighted by Crippen LogP contribution is 2.28. The van der Waals surface area contributed by atoms with Gasteiger partial charge in [-0.05, 0) is 42.8 Å². The van der Waals surface area contributed by atoms with Gasteiger partial charge in [0.1, 0.15) is 0 Å². The summed E-state index contributed by atoms with van der Waals surface area (Å²) in [6.07, 6.45) is 0.180. The molecule has 0 saturated heterocycles. The van der Waals surface area contributed by atoms with Crippen LogP contribution in [0.1, 0.15) is 28.8 Å². The number of hydrogen-bond donors (Lipinski definition) is 1. The second-order valence-electron chi connectivity index (χ2n) is 5.51. The summed E-state index contributed by atoms with van der Waals surface area (Å²) >= 11 is 6.03. The number of methoxy groups -OCH3 is 2. The van der Waals surface area contributed by atoms with Gasteiger partial charge >= 0.3 is 0 Å². The summed E-state index contributed by atoms with van der Waals surface area (Å²) in [6.45, 7) is 1.88. The normalized spacial score (nSPS) is 10.2. The Balaban J connectivity index is 1.94. The Morgan fingerprint density at radius 2 is 1.72 bits per heavy atom. The lowest BCUT2D eigenvalue weighted by molar-refractivity contribution is -0.116. The van der Waals surface area contributed by atoms with Crippen LogP contribution >= 0.6 is 11.6 Å². The van der Waals surface area contributed by atoms with E-state index in [1.807, 2.05) is 13.0 Å². The zero-order valence-corrected chi connectivity index (χ0v) is 15.1. The summed E-state index contributed by atoms with van der Waals surface area (Å²) < 4.78 is 10.3. The van der Waals surface area contributed by atoms with E-state index >= 15 is 0 Å². The first kappa shape index (κ1) is 18.8. The molecule has 0 heterocycles. The smallest absolute Gasteiger partial charge is 0.224 e. The van der Waals surface area contributed by atoms with Gasteiger partial charge in [-0.25, -0.2) is 0 Å². The number of Topliss-reactive ketones (excluding diaryl/α,β-unsaturated/α-hetero) is 1. The number of benzene rings is 2. The van der Waals surface area contributed by atoms with Crippen LogP contribution in [0.3, 0.4) is 0 Å². The van der Waals surface area contributed by atoms with Crippen molar-refractivity contribution in [3.8, 4) is 11.5 Å². The van der Waals surface area contributed by atoms with Gasteiger partial charge in [0.05, 0.1) is 14.2 Å². The third-order valence-electron chi connectivity index (χ3n) is 3.74.